The number of hydrogen-bond donors (Lipinski definition) is 0. The lowest BCUT2D eigenvalue weighted by Crippen LogP contribution is -2.25. The van der Waals surface area contributed by atoms with E-state index in [4.69, 9.17) is 0 Å². The normalized spacial score (nSPS) is 17.5. The second-order valence-electron chi connectivity index (χ2n) is 1.82. The highest BCUT2D eigenvalue weighted by Gasteiger charge is 2.30. The Morgan fingerprint density at radius 3 is 2.64 bits per heavy atom. The van der Waals surface area contributed by atoms with Crippen LogP contribution in [0.15, 0.2) is 16.6 Å². The third-order valence-corrected chi connectivity index (χ3v) is 1.60. The van der Waals surface area contributed by atoms with Crippen LogP contribution in [0.5, 0.6) is 0 Å². The van der Waals surface area contributed by atoms with E-state index in [0.29, 0.717) is 0 Å². The second-order valence-corrected chi connectivity index (χ2v) is 2.73. The molecule has 0 fully saturated rings. The van der Waals surface area contributed by atoms with Gasteiger partial charge in [-0.1, -0.05) is 0 Å². The molecule has 1 heterocycles. The quantitative estimate of drug-likeness (QED) is 0.576. The molecule has 0 aromatic rings. The lowest BCUT2D eigenvalue weighted by Gasteiger charge is -2.18. The third kappa shape index (κ3) is 3.31. The number of nitrogens with zero attached hydrogens (tertiary/aromatic N) is 2. The molecule has 0 N–H and O–H groups in total. The predicted octanol–water partition coefficient (Wildman–Crippen LogP) is 2.01. The molecule has 0 unspecified atom stereocenters. The van der Waals surface area contributed by atoms with E-state index < -0.39 is 12.7 Å². The fourth-order valence-corrected chi connectivity index (χ4v) is 1.12. The first-order chi connectivity index (χ1) is 5.08. The molecule has 0 aromatic heterocycles. The highest BCUT2D eigenvalue weighted by atomic mass is 32.2. The van der Waals surface area contributed by atoms with Gasteiger partial charge in [-0.3, -0.25) is 0 Å². The van der Waals surface area contributed by atoms with Gasteiger partial charge >= 0.3 is 6.18 Å². The Kier molecular flexibility index (Phi) is 2.43. The Morgan fingerprint density at radius 1 is 1.45 bits per heavy atom. The molecule has 62 valence electrons. The average Bonchev–Trinajstić information content (AvgIpc) is 1.85. The molecule has 0 aliphatic carbocycles. The predicted molar refractivity (Wildman–Crippen MR) is 38.0 cm³/mol. The Balaban J connectivity index is 2.39. The summed E-state index contributed by atoms with van der Waals surface area (Å²) in [6.07, 6.45) is -1.28. The minimum Gasteiger partial charge on any atom is -0.226 e. The van der Waals surface area contributed by atoms with E-state index in [1.54, 1.807) is 11.5 Å². The molecule has 0 saturated heterocycles. The van der Waals surface area contributed by atoms with Crippen LogP contribution in [0.1, 0.15) is 0 Å². The van der Waals surface area contributed by atoms with Crippen molar-refractivity contribution in [2.75, 3.05) is 6.54 Å². The summed E-state index contributed by atoms with van der Waals surface area (Å²) < 4.78 is 35.9. The Bertz CT molecular complexity index is 187. The Labute approximate surface area is 65.9 Å². The first-order valence-electron chi connectivity index (χ1n) is 2.78. The van der Waals surface area contributed by atoms with Gasteiger partial charge < -0.3 is 0 Å². The fraction of sp³-hybridized carbons (Fsp3) is 0.400. The minimum absolute atomic E-state index is 0.875. The van der Waals surface area contributed by atoms with Gasteiger partial charge in [-0.25, -0.2) is 4.41 Å². The van der Waals surface area contributed by atoms with E-state index in [9.17, 15) is 13.2 Å². The summed E-state index contributed by atoms with van der Waals surface area (Å²) in [6.45, 7) is -1.02. The molecule has 6 heteroatoms. The highest BCUT2D eigenvalue weighted by Crippen LogP contribution is 2.23. The van der Waals surface area contributed by atoms with Crippen molar-refractivity contribution in [2.45, 2.75) is 6.18 Å². The van der Waals surface area contributed by atoms with Crippen molar-refractivity contribution in [1.82, 2.24) is 4.41 Å². The average molecular weight is 182 g/mol. The summed E-state index contributed by atoms with van der Waals surface area (Å²) in [5.74, 6) is 0. The van der Waals surface area contributed by atoms with Crippen LogP contribution < -0.4 is 0 Å². The molecule has 1 aliphatic heterocycles. The molecular weight excluding hydrogens is 177 g/mol. The molecule has 2 nitrogen and oxygen atoms in total. The molecule has 0 radical (unpaired) electrons. The standard InChI is InChI=1S/C5H5F3N2S/c6-5(7,8)4-10-9-2-1-3-11-10/h1-3H,4H2. The Hall–Kier alpha value is -0.650. The van der Waals surface area contributed by atoms with E-state index in [1.165, 1.54) is 6.21 Å². The number of alkyl halides is 3. The van der Waals surface area contributed by atoms with Gasteiger partial charge in [0.05, 0.1) is 0 Å². The van der Waals surface area contributed by atoms with Crippen molar-refractivity contribution in [3.63, 3.8) is 0 Å². The fourth-order valence-electron chi connectivity index (χ4n) is 0.512. The van der Waals surface area contributed by atoms with Crippen molar-refractivity contribution in [3.8, 4) is 0 Å². The first-order valence-corrected chi connectivity index (χ1v) is 3.62. The van der Waals surface area contributed by atoms with Gasteiger partial charge in [-0.15, -0.1) is 0 Å². The van der Waals surface area contributed by atoms with Gasteiger partial charge in [-0.05, 0) is 23.4 Å². The molecule has 1 aliphatic rings. The zero-order chi connectivity index (χ0) is 8.32. The molecule has 0 atom stereocenters. The number of hydrazone groups is 1. The van der Waals surface area contributed by atoms with Crippen molar-refractivity contribution < 1.29 is 13.2 Å². The lowest BCUT2D eigenvalue weighted by molar-refractivity contribution is -0.135. The molecule has 0 spiro atoms. The van der Waals surface area contributed by atoms with Crippen molar-refractivity contribution in [3.05, 3.63) is 11.5 Å². The molecule has 11 heavy (non-hydrogen) atoms. The SMILES string of the molecule is FC(F)(F)CN1N=CC=CS1. The maximum absolute atomic E-state index is 11.7. The van der Waals surface area contributed by atoms with E-state index in [1.807, 2.05) is 0 Å². The number of halogens is 3. The number of allylic oxidation sites excluding steroid dienone is 1. The highest BCUT2D eigenvalue weighted by molar-refractivity contribution is 7.99. The maximum Gasteiger partial charge on any atom is 0.408 e. The zero-order valence-electron chi connectivity index (χ0n) is 5.38. The van der Waals surface area contributed by atoms with Crippen molar-refractivity contribution in [2.24, 2.45) is 5.10 Å². The van der Waals surface area contributed by atoms with Crippen LogP contribution in [0.2, 0.25) is 0 Å². The number of rotatable bonds is 1. The molecule has 0 saturated carbocycles. The van der Waals surface area contributed by atoms with E-state index >= 15 is 0 Å². The van der Waals surface area contributed by atoms with Gasteiger partial charge in [0.2, 0.25) is 0 Å². The minimum atomic E-state index is -4.18. The number of hydrogen-bond acceptors (Lipinski definition) is 3. The third-order valence-electron chi connectivity index (χ3n) is 0.857. The van der Waals surface area contributed by atoms with Crippen LogP contribution in [0, 0.1) is 0 Å². The molecular formula is C5H5F3N2S. The van der Waals surface area contributed by atoms with Crippen LogP contribution in [0.4, 0.5) is 13.2 Å². The van der Waals surface area contributed by atoms with E-state index in [2.05, 4.69) is 5.10 Å². The van der Waals surface area contributed by atoms with E-state index in [0.717, 1.165) is 16.4 Å². The summed E-state index contributed by atoms with van der Waals surface area (Å²) >= 11 is 0.925. The summed E-state index contributed by atoms with van der Waals surface area (Å²) in [5, 5.41) is 5.02. The van der Waals surface area contributed by atoms with Gasteiger partial charge in [-0.2, -0.15) is 18.3 Å². The largest absolute Gasteiger partial charge is 0.408 e. The molecule has 0 aromatic carbocycles. The second kappa shape index (κ2) is 3.17. The summed E-state index contributed by atoms with van der Waals surface area (Å²) in [4.78, 5) is 0. The van der Waals surface area contributed by atoms with Crippen LogP contribution >= 0.6 is 11.9 Å². The molecule has 0 bridgehead atoms. The summed E-state index contributed by atoms with van der Waals surface area (Å²) in [6, 6.07) is 0. The lowest BCUT2D eigenvalue weighted by atomic mass is 10.6. The van der Waals surface area contributed by atoms with Crippen molar-refractivity contribution in [1.29, 1.82) is 0 Å². The van der Waals surface area contributed by atoms with E-state index in [-0.39, 0.29) is 0 Å². The van der Waals surface area contributed by atoms with Gasteiger partial charge in [0.25, 0.3) is 0 Å². The van der Waals surface area contributed by atoms with Crippen LogP contribution in [-0.4, -0.2) is 23.3 Å². The van der Waals surface area contributed by atoms with Gasteiger partial charge in [0, 0.05) is 6.21 Å². The van der Waals surface area contributed by atoms with Crippen LogP contribution in [0.3, 0.4) is 0 Å². The topological polar surface area (TPSA) is 15.6 Å². The molecule has 0 amide bonds. The van der Waals surface area contributed by atoms with Gasteiger partial charge in [0.15, 0.2) is 0 Å². The maximum atomic E-state index is 11.7. The Morgan fingerprint density at radius 2 is 2.18 bits per heavy atom. The van der Waals surface area contributed by atoms with Crippen LogP contribution in [-0.2, 0) is 0 Å². The first kappa shape index (κ1) is 8.45. The monoisotopic (exact) mass is 182 g/mol. The summed E-state index contributed by atoms with van der Waals surface area (Å²) in [7, 11) is 0. The zero-order valence-corrected chi connectivity index (χ0v) is 6.19. The molecule has 1 rings (SSSR count). The summed E-state index contributed by atoms with van der Waals surface area (Å²) in [5.41, 5.74) is 0. The van der Waals surface area contributed by atoms with Gasteiger partial charge in [0.1, 0.15) is 6.54 Å². The smallest absolute Gasteiger partial charge is 0.226 e. The van der Waals surface area contributed by atoms with Crippen molar-refractivity contribution >= 4 is 18.2 Å². The van der Waals surface area contributed by atoms with Crippen LogP contribution in [0.25, 0.3) is 0 Å².